The van der Waals surface area contributed by atoms with Gasteiger partial charge in [-0.15, -0.1) is 0 Å². The van der Waals surface area contributed by atoms with Crippen molar-refractivity contribution in [3.05, 3.63) is 29.1 Å². The van der Waals surface area contributed by atoms with Crippen LogP contribution in [-0.4, -0.2) is 0 Å². The largest absolute Gasteiger partial charge is 0.416 e. The maximum Gasteiger partial charge on any atom is 0.416 e. The van der Waals surface area contributed by atoms with Crippen molar-refractivity contribution >= 4 is 5.69 Å². The molecule has 0 aliphatic carbocycles. The number of halogens is 4. The molecule has 15 heavy (non-hydrogen) atoms. The Morgan fingerprint density at radius 2 is 1.80 bits per heavy atom. The van der Waals surface area contributed by atoms with Crippen molar-refractivity contribution < 1.29 is 17.6 Å². The van der Waals surface area contributed by atoms with Gasteiger partial charge in [-0.1, -0.05) is 0 Å². The highest BCUT2D eigenvalue weighted by molar-refractivity contribution is 5.48. The molecule has 0 amide bonds. The zero-order valence-electron chi connectivity index (χ0n) is 7.90. The molecule has 2 nitrogen and oxygen atoms in total. The first kappa shape index (κ1) is 11.8. The highest BCUT2D eigenvalue weighted by atomic mass is 19.4. The molecule has 0 saturated heterocycles. The summed E-state index contributed by atoms with van der Waals surface area (Å²) < 4.78 is 50.2. The van der Waals surface area contributed by atoms with Gasteiger partial charge in [-0.3, -0.25) is 0 Å². The number of alkyl halides is 3. The predicted octanol–water partition coefficient (Wildman–Crippen LogP) is 2.45. The molecule has 1 rings (SSSR count). The lowest BCUT2D eigenvalue weighted by Crippen LogP contribution is -2.13. The molecule has 0 aliphatic rings. The molecular formula is C9H10F4N2. The Hall–Kier alpha value is -1.30. The van der Waals surface area contributed by atoms with Gasteiger partial charge >= 0.3 is 6.18 Å². The lowest BCUT2D eigenvalue weighted by Gasteiger charge is -2.13. The van der Waals surface area contributed by atoms with Gasteiger partial charge in [-0.05, 0) is 19.1 Å². The maximum atomic E-state index is 13.2. The van der Waals surface area contributed by atoms with Crippen molar-refractivity contribution in [1.82, 2.24) is 0 Å². The summed E-state index contributed by atoms with van der Waals surface area (Å²) in [7, 11) is 0. The Morgan fingerprint density at radius 1 is 1.27 bits per heavy atom. The summed E-state index contributed by atoms with van der Waals surface area (Å²) in [5.41, 5.74) is 8.69. The molecular weight excluding hydrogens is 212 g/mol. The van der Waals surface area contributed by atoms with Gasteiger partial charge in [-0.2, -0.15) is 13.2 Å². The van der Waals surface area contributed by atoms with Gasteiger partial charge in [0, 0.05) is 11.6 Å². The van der Waals surface area contributed by atoms with Crippen LogP contribution >= 0.6 is 0 Å². The van der Waals surface area contributed by atoms with E-state index in [9.17, 15) is 17.6 Å². The zero-order chi connectivity index (χ0) is 11.8. The van der Waals surface area contributed by atoms with Crippen LogP contribution in [0.25, 0.3) is 0 Å². The molecule has 1 atom stereocenters. The Kier molecular flexibility index (Phi) is 2.90. The van der Waals surface area contributed by atoms with Gasteiger partial charge in [-0.25, -0.2) is 4.39 Å². The van der Waals surface area contributed by atoms with Crippen LogP contribution < -0.4 is 11.5 Å². The number of nitrogen functional groups attached to an aromatic ring is 1. The van der Waals surface area contributed by atoms with E-state index in [0.717, 1.165) is 0 Å². The van der Waals surface area contributed by atoms with Crippen molar-refractivity contribution in [3.8, 4) is 0 Å². The summed E-state index contributed by atoms with van der Waals surface area (Å²) in [6, 6.07) is 0.395. The second-order valence-electron chi connectivity index (χ2n) is 3.26. The smallest absolute Gasteiger partial charge is 0.396 e. The molecule has 0 bridgehead atoms. The molecule has 6 heteroatoms. The van der Waals surface area contributed by atoms with E-state index in [1.54, 1.807) is 0 Å². The summed E-state index contributed by atoms with van der Waals surface area (Å²) in [5, 5.41) is 0. The molecule has 1 aromatic rings. The van der Waals surface area contributed by atoms with E-state index in [2.05, 4.69) is 0 Å². The minimum atomic E-state index is -4.55. The first-order valence-corrected chi connectivity index (χ1v) is 4.15. The number of nitrogens with two attached hydrogens (primary N) is 2. The van der Waals surface area contributed by atoms with Crippen molar-refractivity contribution in [2.75, 3.05) is 5.73 Å². The van der Waals surface area contributed by atoms with Crippen LogP contribution in [0.4, 0.5) is 23.2 Å². The fraction of sp³-hybridized carbons (Fsp3) is 0.333. The molecule has 0 spiro atoms. The van der Waals surface area contributed by atoms with Gasteiger partial charge in [0.05, 0.1) is 11.3 Å². The van der Waals surface area contributed by atoms with Crippen LogP contribution in [0.5, 0.6) is 0 Å². The highest BCUT2D eigenvalue weighted by Gasteiger charge is 2.32. The molecule has 1 aromatic carbocycles. The summed E-state index contributed by atoms with van der Waals surface area (Å²) in [4.78, 5) is 0. The minimum absolute atomic E-state index is 0.234. The van der Waals surface area contributed by atoms with E-state index in [1.807, 2.05) is 0 Å². The number of rotatable bonds is 1. The van der Waals surface area contributed by atoms with Crippen LogP contribution in [0.3, 0.4) is 0 Å². The third-order valence-electron chi connectivity index (χ3n) is 1.95. The molecule has 0 fully saturated rings. The Balaban J connectivity index is 3.36. The van der Waals surface area contributed by atoms with E-state index in [0.29, 0.717) is 12.1 Å². The average Bonchev–Trinajstić information content (AvgIpc) is 2.06. The van der Waals surface area contributed by atoms with Gasteiger partial charge in [0.2, 0.25) is 0 Å². The number of anilines is 1. The lowest BCUT2D eigenvalue weighted by molar-refractivity contribution is -0.137. The van der Waals surface area contributed by atoms with Crippen LogP contribution in [-0.2, 0) is 6.18 Å². The molecule has 0 heterocycles. The first-order valence-electron chi connectivity index (χ1n) is 4.15. The summed E-state index contributed by atoms with van der Waals surface area (Å²) in [5.74, 6) is -0.891. The van der Waals surface area contributed by atoms with Crippen molar-refractivity contribution in [2.24, 2.45) is 5.73 Å². The zero-order valence-corrected chi connectivity index (χ0v) is 7.90. The van der Waals surface area contributed by atoms with Crippen LogP contribution in [0.15, 0.2) is 12.1 Å². The molecule has 0 unspecified atom stereocenters. The topological polar surface area (TPSA) is 52.0 Å². The second kappa shape index (κ2) is 3.69. The normalized spacial score (nSPS) is 14.0. The van der Waals surface area contributed by atoms with Crippen molar-refractivity contribution in [3.63, 3.8) is 0 Å². The fourth-order valence-corrected chi connectivity index (χ4v) is 1.17. The summed E-state index contributed by atoms with van der Waals surface area (Å²) >= 11 is 0. The SMILES string of the molecule is C[C@@H](N)c1cc(C(F)(F)F)cc(N)c1F. The Labute approximate surface area is 83.9 Å². The predicted molar refractivity (Wildman–Crippen MR) is 48.4 cm³/mol. The van der Waals surface area contributed by atoms with E-state index in [4.69, 9.17) is 11.5 Å². The average molecular weight is 222 g/mol. The quantitative estimate of drug-likeness (QED) is 0.566. The van der Waals surface area contributed by atoms with E-state index < -0.39 is 29.3 Å². The highest BCUT2D eigenvalue weighted by Crippen LogP contribution is 2.33. The maximum absolute atomic E-state index is 13.2. The monoisotopic (exact) mass is 222 g/mol. The molecule has 84 valence electrons. The number of benzene rings is 1. The molecule has 0 aromatic heterocycles. The molecule has 0 radical (unpaired) electrons. The van der Waals surface area contributed by atoms with Crippen LogP contribution in [0, 0.1) is 5.82 Å². The number of hydrogen-bond acceptors (Lipinski definition) is 2. The van der Waals surface area contributed by atoms with E-state index >= 15 is 0 Å². The summed E-state index contributed by atoms with van der Waals surface area (Å²) in [6.45, 7) is 1.39. The molecule has 4 N–H and O–H groups in total. The van der Waals surface area contributed by atoms with Gasteiger partial charge in [0.1, 0.15) is 0 Å². The molecule has 0 saturated carbocycles. The van der Waals surface area contributed by atoms with Crippen molar-refractivity contribution in [2.45, 2.75) is 19.1 Å². The Bertz CT molecular complexity index is 371. The lowest BCUT2D eigenvalue weighted by atomic mass is 10.0. The van der Waals surface area contributed by atoms with Gasteiger partial charge in [0.25, 0.3) is 0 Å². The summed E-state index contributed by atoms with van der Waals surface area (Å²) in [6.07, 6.45) is -4.55. The first-order chi connectivity index (χ1) is 6.73. The third kappa shape index (κ3) is 2.38. The van der Waals surface area contributed by atoms with Crippen LogP contribution in [0.1, 0.15) is 24.1 Å². The number of hydrogen-bond donors (Lipinski definition) is 2. The molecule has 0 aliphatic heterocycles. The van der Waals surface area contributed by atoms with E-state index in [-0.39, 0.29) is 5.56 Å². The van der Waals surface area contributed by atoms with Gasteiger partial charge in [0.15, 0.2) is 5.82 Å². The second-order valence-corrected chi connectivity index (χ2v) is 3.26. The van der Waals surface area contributed by atoms with Gasteiger partial charge < -0.3 is 11.5 Å². The standard InChI is InChI=1S/C9H10F4N2/c1-4(14)6-2-5(9(11,12)13)3-7(15)8(6)10/h2-4H,14-15H2,1H3/t4-/m1/s1. The van der Waals surface area contributed by atoms with E-state index in [1.165, 1.54) is 6.92 Å². The Morgan fingerprint density at radius 3 is 2.20 bits per heavy atom. The fourth-order valence-electron chi connectivity index (χ4n) is 1.17. The van der Waals surface area contributed by atoms with Crippen LogP contribution in [0.2, 0.25) is 0 Å². The third-order valence-corrected chi connectivity index (χ3v) is 1.95. The minimum Gasteiger partial charge on any atom is -0.396 e. The van der Waals surface area contributed by atoms with Crippen molar-refractivity contribution in [1.29, 1.82) is 0 Å².